The van der Waals surface area contributed by atoms with E-state index in [1.165, 1.54) is 70.2 Å². The van der Waals surface area contributed by atoms with E-state index in [1.807, 2.05) is 0 Å². The van der Waals surface area contributed by atoms with Crippen molar-refractivity contribution < 1.29 is 0 Å². The fraction of sp³-hybridized carbons (Fsp3) is 0.714. The van der Waals surface area contributed by atoms with E-state index in [9.17, 15) is 0 Å². The Morgan fingerprint density at radius 3 is 2.55 bits per heavy atom. The first-order valence-electron chi connectivity index (χ1n) is 9.12. The minimum Gasteiger partial charge on any atom is -0.303 e. The molecule has 1 saturated heterocycles. The lowest BCUT2D eigenvalue weighted by molar-refractivity contribution is 0.0874. The molecule has 22 heavy (non-hydrogen) atoms. The summed E-state index contributed by atoms with van der Waals surface area (Å²) in [6, 6.07) is 0. The predicted octanol–water partition coefficient (Wildman–Crippen LogP) is 5.75. The van der Waals surface area contributed by atoms with Crippen LogP contribution in [-0.2, 0) is 0 Å². The zero-order valence-electron chi connectivity index (χ0n) is 15.0. The molecule has 0 aromatic heterocycles. The van der Waals surface area contributed by atoms with Gasteiger partial charge in [-0.15, -0.1) is 0 Å². The van der Waals surface area contributed by atoms with Gasteiger partial charge in [0.2, 0.25) is 0 Å². The number of likely N-dealkylation sites (tertiary alicyclic amines) is 1. The first-order valence-corrected chi connectivity index (χ1v) is 9.12. The highest BCUT2D eigenvalue weighted by molar-refractivity contribution is 5.20. The Morgan fingerprint density at radius 1 is 1.14 bits per heavy atom. The summed E-state index contributed by atoms with van der Waals surface area (Å²) in [6.45, 7) is 15.1. The third kappa shape index (κ3) is 5.76. The zero-order chi connectivity index (χ0) is 16.1. The normalized spacial score (nSPS) is 26.8. The van der Waals surface area contributed by atoms with Crippen molar-refractivity contribution in [2.24, 2.45) is 10.8 Å². The smallest absolute Gasteiger partial charge is 0.00133 e. The number of rotatable bonds is 2. The van der Waals surface area contributed by atoms with Crippen LogP contribution >= 0.6 is 0 Å². The monoisotopic (exact) mass is 301 g/mol. The Labute approximate surface area is 138 Å². The highest BCUT2D eigenvalue weighted by Gasteiger charge is 2.33. The molecule has 124 valence electrons. The zero-order valence-corrected chi connectivity index (χ0v) is 15.0. The predicted molar refractivity (Wildman–Crippen MR) is 98.1 cm³/mol. The molecule has 0 saturated carbocycles. The lowest BCUT2D eigenvalue weighted by Gasteiger charge is -2.42. The van der Waals surface area contributed by atoms with Gasteiger partial charge in [-0.05, 0) is 75.4 Å². The molecule has 0 atom stereocenters. The van der Waals surface area contributed by atoms with E-state index in [-0.39, 0.29) is 0 Å². The van der Waals surface area contributed by atoms with Crippen LogP contribution in [0.1, 0.15) is 65.7 Å². The van der Waals surface area contributed by atoms with E-state index < -0.39 is 0 Å². The summed E-state index contributed by atoms with van der Waals surface area (Å²) >= 11 is 0. The van der Waals surface area contributed by atoms with Crippen LogP contribution in [-0.4, -0.2) is 24.5 Å². The molecule has 1 spiro atoms. The van der Waals surface area contributed by atoms with Gasteiger partial charge in [-0.3, -0.25) is 0 Å². The molecule has 0 bridgehead atoms. The second-order valence-electron chi connectivity index (χ2n) is 8.66. The minimum absolute atomic E-state index is 0.459. The van der Waals surface area contributed by atoms with Gasteiger partial charge in [-0.25, -0.2) is 0 Å². The van der Waals surface area contributed by atoms with Crippen molar-refractivity contribution in [3.63, 3.8) is 0 Å². The Bertz CT molecular complexity index is 414. The van der Waals surface area contributed by atoms with Gasteiger partial charge in [-0.1, -0.05) is 57.2 Å². The molecule has 0 N–H and O–H groups in total. The molecule has 0 aromatic rings. The van der Waals surface area contributed by atoms with Gasteiger partial charge in [-0.2, -0.15) is 0 Å². The van der Waals surface area contributed by atoms with E-state index in [2.05, 4.69) is 56.6 Å². The number of piperidine rings is 1. The van der Waals surface area contributed by atoms with Gasteiger partial charge in [0.1, 0.15) is 0 Å². The molecule has 0 unspecified atom stereocenters. The summed E-state index contributed by atoms with van der Waals surface area (Å²) in [5, 5.41) is 0. The van der Waals surface area contributed by atoms with Crippen molar-refractivity contribution in [2.75, 3.05) is 19.6 Å². The van der Waals surface area contributed by atoms with Crippen molar-refractivity contribution >= 4 is 0 Å². The molecule has 1 fully saturated rings. The van der Waals surface area contributed by atoms with Crippen LogP contribution in [0.5, 0.6) is 0 Å². The first-order chi connectivity index (χ1) is 10.4. The summed E-state index contributed by atoms with van der Waals surface area (Å²) in [6.07, 6.45) is 18.1. The molecule has 1 nitrogen and oxygen atoms in total. The van der Waals surface area contributed by atoms with Crippen LogP contribution < -0.4 is 0 Å². The Morgan fingerprint density at radius 2 is 1.86 bits per heavy atom. The summed E-state index contributed by atoms with van der Waals surface area (Å²) in [5.74, 6) is 0. The van der Waals surface area contributed by atoms with Gasteiger partial charge in [0.25, 0.3) is 0 Å². The lowest BCUT2D eigenvalue weighted by atomic mass is 9.71. The van der Waals surface area contributed by atoms with Crippen LogP contribution in [0.3, 0.4) is 0 Å². The third-order valence-electron chi connectivity index (χ3n) is 5.43. The van der Waals surface area contributed by atoms with Gasteiger partial charge >= 0.3 is 0 Å². The molecule has 1 heterocycles. The summed E-state index contributed by atoms with van der Waals surface area (Å²) in [5.41, 5.74) is 2.30. The van der Waals surface area contributed by atoms with Gasteiger partial charge < -0.3 is 4.90 Å². The van der Waals surface area contributed by atoms with Crippen molar-refractivity contribution in [1.29, 1.82) is 0 Å². The fourth-order valence-electron chi connectivity index (χ4n) is 3.66. The molecular weight excluding hydrogens is 266 g/mol. The second kappa shape index (κ2) is 7.64. The molecule has 1 heteroatoms. The van der Waals surface area contributed by atoms with Crippen LogP contribution in [0.4, 0.5) is 0 Å². The van der Waals surface area contributed by atoms with Crippen LogP contribution in [0.2, 0.25) is 0 Å². The number of hydrogen-bond acceptors (Lipinski definition) is 1. The maximum Gasteiger partial charge on any atom is -0.00133 e. The standard InChI is InChI=1S/C21H35N/c1-19-9-6-5-7-11-21(12-8-10-19)14-17-22(18-15-21)16-13-20(2,3)4/h5-7,9H,1,8,10-18H2,2-4H3/b7-5-,9-6-. The second-order valence-corrected chi connectivity index (χ2v) is 8.66. The molecule has 1 aliphatic heterocycles. The Hall–Kier alpha value is -0.820. The van der Waals surface area contributed by atoms with Gasteiger partial charge in [0.05, 0.1) is 0 Å². The molecule has 2 rings (SSSR count). The van der Waals surface area contributed by atoms with E-state index in [0.29, 0.717) is 10.8 Å². The van der Waals surface area contributed by atoms with Crippen molar-refractivity contribution in [3.8, 4) is 0 Å². The quantitative estimate of drug-likeness (QED) is 0.628. The fourth-order valence-corrected chi connectivity index (χ4v) is 3.66. The average molecular weight is 302 g/mol. The third-order valence-corrected chi connectivity index (χ3v) is 5.43. The molecule has 2 aliphatic rings. The molecular formula is C21H35N. The SMILES string of the molecule is C=C1/C=C\C=C/CC2(CCC1)CCN(CCC(C)(C)C)CC2. The van der Waals surface area contributed by atoms with Crippen molar-refractivity contribution in [2.45, 2.75) is 65.7 Å². The Balaban J connectivity index is 1.88. The molecule has 0 amide bonds. The molecule has 1 aliphatic carbocycles. The summed E-state index contributed by atoms with van der Waals surface area (Å²) < 4.78 is 0. The number of hydrogen-bond donors (Lipinski definition) is 0. The lowest BCUT2D eigenvalue weighted by Crippen LogP contribution is -2.41. The van der Waals surface area contributed by atoms with E-state index in [4.69, 9.17) is 0 Å². The largest absolute Gasteiger partial charge is 0.303 e. The minimum atomic E-state index is 0.459. The van der Waals surface area contributed by atoms with E-state index in [1.54, 1.807) is 0 Å². The van der Waals surface area contributed by atoms with Crippen molar-refractivity contribution in [3.05, 3.63) is 36.5 Å². The molecule has 0 radical (unpaired) electrons. The summed E-state index contributed by atoms with van der Waals surface area (Å²) in [7, 11) is 0. The van der Waals surface area contributed by atoms with Crippen molar-refractivity contribution in [1.82, 2.24) is 4.90 Å². The van der Waals surface area contributed by atoms with Crippen LogP contribution in [0, 0.1) is 10.8 Å². The van der Waals surface area contributed by atoms with Gasteiger partial charge in [0, 0.05) is 0 Å². The number of nitrogens with zero attached hydrogens (tertiary/aromatic N) is 1. The first kappa shape index (κ1) is 17.5. The van der Waals surface area contributed by atoms with E-state index in [0.717, 1.165) is 0 Å². The van der Waals surface area contributed by atoms with Gasteiger partial charge in [0.15, 0.2) is 0 Å². The van der Waals surface area contributed by atoms with Crippen LogP contribution in [0.15, 0.2) is 36.5 Å². The Kier molecular flexibility index (Phi) is 6.09. The van der Waals surface area contributed by atoms with E-state index >= 15 is 0 Å². The maximum atomic E-state index is 4.15. The molecule has 0 aromatic carbocycles. The highest BCUT2D eigenvalue weighted by atomic mass is 15.1. The van der Waals surface area contributed by atoms with Crippen LogP contribution in [0.25, 0.3) is 0 Å². The average Bonchev–Trinajstić information content (AvgIpc) is 2.45. The highest BCUT2D eigenvalue weighted by Crippen LogP contribution is 2.41. The number of allylic oxidation sites excluding steroid dienone is 5. The maximum absolute atomic E-state index is 4.15. The topological polar surface area (TPSA) is 3.24 Å². The summed E-state index contributed by atoms with van der Waals surface area (Å²) in [4.78, 5) is 2.69.